The van der Waals surface area contributed by atoms with Crippen LogP contribution in [0.2, 0.25) is 0 Å². The second kappa shape index (κ2) is 35.6. The van der Waals surface area contributed by atoms with Crippen LogP contribution < -0.4 is 0 Å². The summed E-state index contributed by atoms with van der Waals surface area (Å²) in [6, 6.07) is 0. The molecule has 0 aromatic heterocycles. The highest BCUT2D eigenvalue weighted by Gasteiger charge is 2.41. The fraction of sp³-hybridized carbons (Fsp3) is 0.957. The fourth-order valence-electron chi connectivity index (χ4n) is 7.84. The van der Waals surface area contributed by atoms with E-state index in [4.69, 9.17) is 9.47 Å². The van der Waals surface area contributed by atoms with Crippen LogP contribution in [0.5, 0.6) is 0 Å². The van der Waals surface area contributed by atoms with Crippen LogP contribution in [-0.2, 0) is 19.1 Å². The highest BCUT2D eigenvalue weighted by Crippen LogP contribution is 2.53. The van der Waals surface area contributed by atoms with E-state index in [9.17, 15) is 14.7 Å². The van der Waals surface area contributed by atoms with Gasteiger partial charge in [0.15, 0.2) is 0 Å². The predicted molar refractivity (Wildman–Crippen MR) is 221 cm³/mol. The topological polar surface area (TPSA) is 76.1 Å². The molecule has 1 aliphatic rings. The molecule has 308 valence electrons. The first-order valence-corrected chi connectivity index (χ1v) is 23.1. The molecule has 1 aliphatic carbocycles. The molecule has 1 rings (SSSR count). The summed E-state index contributed by atoms with van der Waals surface area (Å²) in [6.45, 7) is 11.4. The Labute approximate surface area is 323 Å². The summed E-state index contributed by atoms with van der Waals surface area (Å²) in [4.78, 5) is 27.2. The molecule has 1 saturated carbocycles. The molecule has 0 bridgehead atoms. The lowest BCUT2D eigenvalue weighted by atomic mass is 9.94. The van der Waals surface area contributed by atoms with Crippen molar-refractivity contribution >= 4 is 11.9 Å². The second-order valence-corrected chi connectivity index (χ2v) is 16.7. The van der Waals surface area contributed by atoms with Crippen LogP contribution in [0.25, 0.3) is 0 Å². The third-order valence-corrected chi connectivity index (χ3v) is 11.6. The van der Waals surface area contributed by atoms with Gasteiger partial charge in [-0.25, -0.2) is 0 Å². The van der Waals surface area contributed by atoms with Crippen LogP contribution in [0.15, 0.2) is 0 Å². The lowest BCUT2D eigenvalue weighted by Gasteiger charge is -2.23. The van der Waals surface area contributed by atoms with Crippen molar-refractivity contribution in [3.05, 3.63) is 0 Å². The van der Waals surface area contributed by atoms with E-state index in [1.807, 2.05) is 0 Å². The van der Waals surface area contributed by atoms with Crippen LogP contribution in [0.3, 0.4) is 0 Å². The molecule has 1 N–H and O–H groups in total. The van der Waals surface area contributed by atoms with E-state index in [1.54, 1.807) is 0 Å². The quantitative estimate of drug-likeness (QED) is 0.0498. The summed E-state index contributed by atoms with van der Waals surface area (Å²) in [5, 5.41) is 9.45. The zero-order valence-electron chi connectivity index (χ0n) is 35.2. The molecule has 0 amide bonds. The summed E-state index contributed by atoms with van der Waals surface area (Å²) in [7, 11) is 0. The molecule has 0 saturated heterocycles. The first-order valence-electron chi connectivity index (χ1n) is 23.1. The minimum Gasteiger partial charge on any atom is -0.466 e. The van der Waals surface area contributed by atoms with Crippen molar-refractivity contribution in [3.63, 3.8) is 0 Å². The Morgan fingerprint density at radius 2 is 0.981 bits per heavy atom. The Hall–Kier alpha value is -1.14. The Balaban J connectivity index is 2.16. The number of carbonyl (C=O) groups excluding carboxylic acids is 2. The number of nitrogens with zero attached hydrogens (tertiary/aromatic N) is 1. The Kier molecular flexibility index (Phi) is 33.4. The van der Waals surface area contributed by atoms with E-state index in [0.717, 1.165) is 58.2 Å². The first-order chi connectivity index (χ1) is 25.5. The monoisotopic (exact) mass is 736 g/mol. The molecule has 0 radical (unpaired) electrons. The van der Waals surface area contributed by atoms with Crippen LogP contribution in [0.1, 0.15) is 233 Å². The van der Waals surface area contributed by atoms with E-state index in [1.165, 1.54) is 161 Å². The molecule has 0 aromatic rings. The standard InChI is InChI=1S/C46H89NO5/c1-4-7-10-13-14-18-23-31-44(49)51-41-27-34-46(35-36-46)33-26-38-47(39-28-40-48)37-25-20-15-19-24-32-45(50)52-42-43(29-21-16-11-8-5-2)30-22-17-12-9-6-3/h43,48H,4-42H2,1-3H3. The van der Waals surface area contributed by atoms with Gasteiger partial charge in [-0.15, -0.1) is 0 Å². The van der Waals surface area contributed by atoms with E-state index in [-0.39, 0.29) is 18.5 Å². The largest absolute Gasteiger partial charge is 0.466 e. The zero-order chi connectivity index (χ0) is 37.8. The number of carbonyl (C=O) groups is 2. The maximum Gasteiger partial charge on any atom is 0.305 e. The Morgan fingerprint density at radius 3 is 1.52 bits per heavy atom. The van der Waals surface area contributed by atoms with E-state index >= 15 is 0 Å². The number of esters is 2. The number of hydrogen-bond donors (Lipinski definition) is 1. The molecule has 0 heterocycles. The molecule has 6 nitrogen and oxygen atoms in total. The average Bonchev–Trinajstić information content (AvgIpc) is 3.92. The minimum atomic E-state index is -0.00806. The molecule has 0 aliphatic heterocycles. The number of hydrogen-bond acceptors (Lipinski definition) is 6. The second-order valence-electron chi connectivity index (χ2n) is 16.7. The predicted octanol–water partition coefficient (Wildman–Crippen LogP) is 12.9. The van der Waals surface area contributed by atoms with Crippen molar-refractivity contribution in [1.82, 2.24) is 4.90 Å². The number of unbranched alkanes of at least 4 members (excludes halogenated alkanes) is 18. The molecular weight excluding hydrogens is 647 g/mol. The van der Waals surface area contributed by atoms with Crippen LogP contribution in [0.4, 0.5) is 0 Å². The van der Waals surface area contributed by atoms with Crippen LogP contribution in [0, 0.1) is 11.3 Å². The first kappa shape index (κ1) is 48.9. The number of aliphatic hydroxyl groups excluding tert-OH is 1. The smallest absolute Gasteiger partial charge is 0.305 e. The lowest BCUT2D eigenvalue weighted by Crippen LogP contribution is -2.28. The highest BCUT2D eigenvalue weighted by molar-refractivity contribution is 5.69. The molecule has 52 heavy (non-hydrogen) atoms. The van der Waals surface area contributed by atoms with Crippen molar-refractivity contribution in [2.45, 2.75) is 233 Å². The SMILES string of the molecule is CCCCCCCCCC(=O)OCCCC1(CCCN(CCCO)CCCCCCCC(=O)OCC(CCCCCCC)CCCCCCC)CC1. The molecule has 0 spiro atoms. The van der Waals surface area contributed by atoms with Crippen LogP contribution in [-0.4, -0.2) is 61.4 Å². The van der Waals surface area contributed by atoms with Gasteiger partial charge in [0, 0.05) is 26.0 Å². The summed E-state index contributed by atoms with van der Waals surface area (Å²) in [5.41, 5.74) is 0.484. The molecule has 0 atom stereocenters. The summed E-state index contributed by atoms with van der Waals surface area (Å²) in [5.74, 6) is 0.535. The van der Waals surface area contributed by atoms with E-state index < -0.39 is 0 Å². The number of rotatable bonds is 41. The highest BCUT2D eigenvalue weighted by atomic mass is 16.5. The maximum absolute atomic E-state index is 12.5. The van der Waals surface area contributed by atoms with Gasteiger partial charge in [0.05, 0.1) is 13.2 Å². The zero-order valence-corrected chi connectivity index (χ0v) is 35.2. The molecule has 0 unspecified atom stereocenters. The van der Waals surface area contributed by atoms with Gasteiger partial charge in [-0.2, -0.15) is 0 Å². The minimum absolute atomic E-state index is 0.00500. The van der Waals surface area contributed by atoms with Gasteiger partial charge in [-0.3, -0.25) is 9.59 Å². The summed E-state index contributed by atoms with van der Waals surface area (Å²) in [6.07, 6.45) is 39.0. The van der Waals surface area contributed by atoms with E-state index in [0.29, 0.717) is 37.4 Å². The normalized spacial score (nSPS) is 13.7. The molecule has 0 aromatic carbocycles. The van der Waals surface area contributed by atoms with Gasteiger partial charge < -0.3 is 19.5 Å². The third-order valence-electron chi connectivity index (χ3n) is 11.6. The molecular formula is C46H89NO5. The van der Waals surface area contributed by atoms with Crippen molar-refractivity contribution in [2.24, 2.45) is 11.3 Å². The third kappa shape index (κ3) is 30.2. The van der Waals surface area contributed by atoms with Crippen molar-refractivity contribution in [1.29, 1.82) is 0 Å². The van der Waals surface area contributed by atoms with Gasteiger partial charge in [0.1, 0.15) is 0 Å². The molecule has 1 fully saturated rings. The lowest BCUT2D eigenvalue weighted by molar-refractivity contribution is -0.145. The van der Waals surface area contributed by atoms with Crippen molar-refractivity contribution < 1.29 is 24.2 Å². The van der Waals surface area contributed by atoms with Crippen LogP contribution >= 0.6 is 0 Å². The number of ether oxygens (including phenoxy) is 2. The number of aliphatic hydroxyl groups is 1. The van der Waals surface area contributed by atoms with Gasteiger partial charge in [0.25, 0.3) is 0 Å². The average molecular weight is 736 g/mol. The summed E-state index contributed by atoms with van der Waals surface area (Å²) >= 11 is 0. The van der Waals surface area contributed by atoms with Gasteiger partial charge >= 0.3 is 11.9 Å². The molecule has 6 heteroatoms. The van der Waals surface area contributed by atoms with Crippen molar-refractivity contribution in [2.75, 3.05) is 39.5 Å². The van der Waals surface area contributed by atoms with Crippen molar-refractivity contribution in [3.8, 4) is 0 Å². The maximum atomic E-state index is 12.5. The fourth-order valence-corrected chi connectivity index (χ4v) is 7.84. The van der Waals surface area contributed by atoms with Gasteiger partial charge in [-0.1, -0.05) is 143 Å². The Bertz CT molecular complexity index is 786. The summed E-state index contributed by atoms with van der Waals surface area (Å²) < 4.78 is 11.4. The van der Waals surface area contributed by atoms with E-state index in [2.05, 4.69) is 25.7 Å². The van der Waals surface area contributed by atoms with Gasteiger partial charge in [0.2, 0.25) is 0 Å². The van der Waals surface area contributed by atoms with Gasteiger partial charge in [-0.05, 0) is 101 Å². The Morgan fingerprint density at radius 1 is 0.538 bits per heavy atom.